The molecule has 1 unspecified atom stereocenters. The van der Waals surface area contributed by atoms with Gasteiger partial charge in [-0.25, -0.2) is 0 Å². The lowest BCUT2D eigenvalue weighted by molar-refractivity contribution is 0.249. The number of thioether (sulfide) groups is 1. The van der Waals surface area contributed by atoms with Crippen LogP contribution in [0.4, 0.5) is 0 Å². The summed E-state index contributed by atoms with van der Waals surface area (Å²) >= 11 is 2.12. The fourth-order valence-corrected chi connectivity index (χ4v) is 3.15. The Morgan fingerprint density at radius 1 is 1.42 bits per heavy atom. The predicted molar refractivity (Wildman–Crippen MR) is 54.8 cm³/mol. The van der Waals surface area contributed by atoms with Crippen LogP contribution in [0.15, 0.2) is 4.99 Å². The Bertz CT molecular complexity index is 164. The van der Waals surface area contributed by atoms with Gasteiger partial charge in [0.15, 0.2) is 0 Å². The third-order valence-corrected chi connectivity index (χ3v) is 3.94. The lowest BCUT2D eigenvalue weighted by Gasteiger charge is -2.33. The van der Waals surface area contributed by atoms with Gasteiger partial charge < -0.3 is 0 Å². The average Bonchev–Trinajstić information content (AvgIpc) is 2.21. The van der Waals surface area contributed by atoms with Crippen LogP contribution in [0.25, 0.3) is 0 Å². The third-order valence-electron chi connectivity index (χ3n) is 2.50. The topological polar surface area (TPSA) is 15.6 Å². The largest absolute Gasteiger partial charge is 0.282 e. The van der Waals surface area contributed by atoms with Crippen LogP contribution < -0.4 is 0 Å². The standard InChI is InChI=1S/C9H16N2S/c1-2-7-12-9(4-1)11-6-3-5-10-8-11/h5,9H,1-4,6-8H2. The van der Waals surface area contributed by atoms with Gasteiger partial charge in [-0.3, -0.25) is 9.89 Å². The van der Waals surface area contributed by atoms with E-state index in [0.717, 1.165) is 18.5 Å². The molecule has 0 aromatic heterocycles. The number of rotatable bonds is 1. The summed E-state index contributed by atoms with van der Waals surface area (Å²) in [6.45, 7) is 2.17. The van der Waals surface area contributed by atoms with Crippen molar-refractivity contribution >= 4 is 18.0 Å². The molecule has 68 valence electrons. The van der Waals surface area contributed by atoms with Crippen molar-refractivity contribution < 1.29 is 0 Å². The highest BCUT2D eigenvalue weighted by atomic mass is 32.2. The molecule has 1 fully saturated rings. The molecule has 1 saturated heterocycles. The monoisotopic (exact) mass is 184 g/mol. The summed E-state index contributed by atoms with van der Waals surface area (Å²) in [6, 6.07) is 0. The molecular weight excluding hydrogens is 168 g/mol. The molecule has 0 aromatic carbocycles. The minimum atomic E-state index is 0.774. The van der Waals surface area contributed by atoms with Crippen LogP contribution in [0.2, 0.25) is 0 Å². The Labute approximate surface area is 78.4 Å². The molecule has 2 nitrogen and oxygen atoms in total. The van der Waals surface area contributed by atoms with Crippen molar-refractivity contribution in [3.8, 4) is 0 Å². The lowest BCUT2D eigenvalue weighted by atomic mass is 10.2. The summed E-state index contributed by atoms with van der Waals surface area (Å²) in [7, 11) is 0. The molecule has 0 N–H and O–H groups in total. The van der Waals surface area contributed by atoms with Crippen molar-refractivity contribution in [2.45, 2.75) is 31.1 Å². The van der Waals surface area contributed by atoms with E-state index >= 15 is 0 Å². The summed E-state index contributed by atoms with van der Waals surface area (Å²) in [5.41, 5.74) is 0. The maximum atomic E-state index is 4.32. The van der Waals surface area contributed by atoms with Gasteiger partial charge in [-0.1, -0.05) is 6.42 Å². The summed E-state index contributed by atoms with van der Waals surface area (Å²) in [5, 5.41) is 0.774. The minimum Gasteiger partial charge on any atom is -0.282 e. The maximum Gasteiger partial charge on any atom is 0.0914 e. The fourth-order valence-electron chi connectivity index (χ4n) is 1.79. The highest BCUT2D eigenvalue weighted by molar-refractivity contribution is 7.99. The first-order valence-electron chi connectivity index (χ1n) is 4.81. The molecule has 0 amide bonds. The molecule has 2 aliphatic heterocycles. The van der Waals surface area contributed by atoms with E-state index in [1.807, 2.05) is 0 Å². The van der Waals surface area contributed by atoms with Crippen molar-refractivity contribution in [1.82, 2.24) is 4.90 Å². The normalized spacial score (nSPS) is 32.2. The van der Waals surface area contributed by atoms with Gasteiger partial charge in [-0.05, 0) is 25.0 Å². The van der Waals surface area contributed by atoms with Crippen molar-refractivity contribution in [2.24, 2.45) is 4.99 Å². The van der Waals surface area contributed by atoms with Gasteiger partial charge >= 0.3 is 0 Å². The molecule has 2 rings (SSSR count). The molecule has 3 heteroatoms. The molecule has 1 atom stereocenters. The Morgan fingerprint density at radius 2 is 2.42 bits per heavy atom. The highest BCUT2D eigenvalue weighted by Gasteiger charge is 2.21. The Kier molecular flexibility index (Phi) is 3.06. The van der Waals surface area contributed by atoms with Gasteiger partial charge in [-0.2, -0.15) is 0 Å². The summed E-state index contributed by atoms with van der Waals surface area (Å²) < 4.78 is 0. The first-order chi connectivity index (χ1) is 5.97. The second-order valence-electron chi connectivity index (χ2n) is 3.43. The Hall–Kier alpha value is -0.0200. The quantitative estimate of drug-likeness (QED) is 0.619. The van der Waals surface area contributed by atoms with E-state index in [9.17, 15) is 0 Å². The van der Waals surface area contributed by atoms with Gasteiger partial charge in [0.25, 0.3) is 0 Å². The zero-order valence-corrected chi connectivity index (χ0v) is 8.22. The first kappa shape index (κ1) is 8.57. The summed E-state index contributed by atoms with van der Waals surface area (Å²) in [4.78, 5) is 6.84. The van der Waals surface area contributed by atoms with Gasteiger partial charge in [-0.15, -0.1) is 11.8 Å². The van der Waals surface area contributed by atoms with Gasteiger partial charge in [0.05, 0.1) is 12.0 Å². The highest BCUT2D eigenvalue weighted by Crippen LogP contribution is 2.28. The van der Waals surface area contributed by atoms with Crippen molar-refractivity contribution in [3.05, 3.63) is 0 Å². The molecule has 0 saturated carbocycles. The molecule has 0 radical (unpaired) electrons. The molecule has 0 bridgehead atoms. The van der Waals surface area contributed by atoms with Crippen LogP contribution >= 0.6 is 11.8 Å². The molecule has 2 heterocycles. The minimum absolute atomic E-state index is 0.774. The van der Waals surface area contributed by atoms with Crippen LogP contribution in [0.5, 0.6) is 0 Å². The van der Waals surface area contributed by atoms with E-state index in [0.29, 0.717) is 0 Å². The number of aliphatic imine (C=N–C) groups is 1. The van der Waals surface area contributed by atoms with E-state index in [-0.39, 0.29) is 0 Å². The van der Waals surface area contributed by atoms with Gasteiger partial charge in [0.1, 0.15) is 0 Å². The maximum absolute atomic E-state index is 4.32. The molecule has 12 heavy (non-hydrogen) atoms. The Morgan fingerprint density at radius 3 is 3.08 bits per heavy atom. The van der Waals surface area contributed by atoms with E-state index in [2.05, 4.69) is 27.9 Å². The van der Waals surface area contributed by atoms with Gasteiger partial charge in [0.2, 0.25) is 0 Å². The van der Waals surface area contributed by atoms with Crippen LogP contribution in [0, 0.1) is 0 Å². The van der Waals surface area contributed by atoms with E-state index < -0.39 is 0 Å². The van der Waals surface area contributed by atoms with Crippen molar-refractivity contribution in [3.63, 3.8) is 0 Å². The van der Waals surface area contributed by atoms with E-state index in [4.69, 9.17) is 0 Å². The predicted octanol–water partition coefficient (Wildman–Crippen LogP) is 1.96. The van der Waals surface area contributed by atoms with Crippen LogP contribution in [0.1, 0.15) is 25.7 Å². The second-order valence-corrected chi connectivity index (χ2v) is 4.71. The lowest BCUT2D eigenvalue weighted by Crippen LogP contribution is -2.37. The number of hydrogen-bond acceptors (Lipinski definition) is 3. The van der Waals surface area contributed by atoms with Crippen LogP contribution in [0.3, 0.4) is 0 Å². The molecule has 2 aliphatic rings. The average molecular weight is 184 g/mol. The van der Waals surface area contributed by atoms with Crippen molar-refractivity contribution in [1.29, 1.82) is 0 Å². The summed E-state index contributed by atoms with van der Waals surface area (Å²) in [6.07, 6.45) is 7.41. The van der Waals surface area contributed by atoms with Crippen molar-refractivity contribution in [2.75, 3.05) is 19.0 Å². The van der Waals surface area contributed by atoms with Crippen LogP contribution in [-0.4, -0.2) is 35.5 Å². The summed E-state index contributed by atoms with van der Waals surface area (Å²) in [5.74, 6) is 1.35. The molecule has 0 spiro atoms. The molecular formula is C9H16N2S. The third kappa shape index (κ3) is 2.02. The second kappa shape index (κ2) is 4.28. The Balaban J connectivity index is 1.85. The first-order valence-corrected chi connectivity index (χ1v) is 5.85. The molecule has 0 aliphatic carbocycles. The molecule has 0 aromatic rings. The zero-order chi connectivity index (χ0) is 8.23. The van der Waals surface area contributed by atoms with E-state index in [1.165, 1.54) is 31.6 Å². The van der Waals surface area contributed by atoms with E-state index in [1.54, 1.807) is 0 Å². The smallest absolute Gasteiger partial charge is 0.0914 e. The number of hydrogen-bond donors (Lipinski definition) is 0. The van der Waals surface area contributed by atoms with Crippen LogP contribution in [-0.2, 0) is 0 Å². The van der Waals surface area contributed by atoms with Gasteiger partial charge in [0, 0.05) is 12.8 Å². The SMILES string of the molecule is C1=NCN(C2CCCCS2)CC1. The fraction of sp³-hybridized carbons (Fsp3) is 0.889. The zero-order valence-electron chi connectivity index (χ0n) is 7.41. The number of nitrogens with zero attached hydrogens (tertiary/aromatic N) is 2.